The molecule has 32 heavy (non-hydrogen) atoms. The molecule has 0 aliphatic carbocycles. The van der Waals surface area contributed by atoms with Crippen LogP contribution in [-0.2, 0) is 4.79 Å². The normalized spacial score (nSPS) is 25.2. The standard InChI is InChI=1S/C25H22N4O3/c1-24(2,3)23(30)21-20(17-8-10-18(11-9-17)29(31)32)25(14-26,15-27)22-19-7-5-4-6-16(19)12-13-28(21)22/h4-13,20-22H,1-3H3/p+1/t20-,21+,22+/m1/s1. The van der Waals surface area contributed by atoms with Crippen LogP contribution in [0, 0.1) is 43.6 Å². The molecule has 2 aliphatic heterocycles. The molecule has 0 spiro atoms. The molecular weight excluding hydrogens is 404 g/mol. The Morgan fingerprint density at radius 3 is 2.28 bits per heavy atom. The Morgan fingerprint density at radius 2 is 1.72 bits per heavy atom. The first-order valence-corrected chi connectivity index (χ1v) is 10.4. The zero-order valence-corrected chi connectivity index (χ0v) is 18.1. The maximum atomic E-state index is 13.7. The smallest absolute Gasteiger partial charge is 0.269 e. The fourth-order valence-corrected chi connectivity index (χ4v) is 5.13. The fraction of sp³-hybridized carbons (Fsp3) is 0.320. The van der Waals surface area contributed by atoms with Crippen LogP contribution in [0.15, 0.2) is 54.7 Å². The van der Waals surface area contributed by atoms with Gasteiger partial charge in [-0.25, -0.2) is 0 Å². The van der Waals surface area contributed by atoms with Crippen LogP contribution in [0.5, 0.6) is 0 Å². The zero-order chi connectivity index (χ0) is 23.3. The Labute approximate surface area is 186 Å². The quantitative estimate of drug-likeness (QED) is 0.596. The molecule has 0 radical (unpaired) electrons. The number of nitriles is 2. The van der Waals surface area contributed by atoms with Gasteiger partial charge in [0.2, 0.25) is 5.41 Å². The van der Waals surface area contributed by atoms with E-state index >= 15 is 0 Å². The van der Waals surface area contributed by atoms with Gasteiger partial charge in [0.1, 0.15) is 0 Å². The molecule has 160 valence electrons. The molecule has 1 unspecified atom stereocenters. The summed E-state index contributed by atoms with van der Waals surface area (Å²) in [6, 6.07) is 16.8. The Balaban J connectivity index is 1.99. The number of quaternary nitrogens is 1. The summed E-state index contributed by atoms with van der Waals surface area (Å²) in [5.41, 5.74) is 0.0336. The van der Waals surface area contributed by atoms with E-state index in [4.69, 9.17) is 0 Å². The lowest BCUT2D eigenvalue weighted by Gasteiger charge is -2.31. The van der Waals surface area contributed by atoms with Gasteiger partial charge in [-0.15, -0.1) is 0 Å². The lowest BCUT2D eigenvalue weighted by molar-refractivity contribution is -0.885. The maximum Gasteiger partial charge on any atom is 0.269 e. The van der Waals surface area contributed by atoms with Crippen molar-refractivity contribution in [3.63, 3.8) is 0 Å². The average molecular weight is 427 g/mol. The second-order valence-corrected chi connectivity index (χ2v) is 9.41. The second-order valence-electron chi connectivity index (χ2n) is 9.41. The first-order chi connectivity index (χ1) is 15.2. The molecule has 0 aromatic heterocycles. The largest absolute Gasteiger partial charge is 0.292 e. The molecule has 7 heteroatoms. The van der Waals surface area contributed by atoms with Gasteiger partial charge in [-0.2, -0.15) is 10.5 Å². The van der Waals surface area contributed by atoms with E-state index in [9.17, 15) is 25.4 Å². The molecule has 2 aromatic rings. The van der Waals surface area contributed by atoms with Crippen LogP contribution in [0.3, 0.4) is 0 Å². The molecule has 1 fully saturated rings. The van der Waals surface area contributed by atoms with Gasteiger partial charge < -0.3 is 0 Å². The molecule has 2 aromatic carbocycles. The Bertz CT molecular complexity index is 1200. The Hall–Kier alpha value is -3.81. The number of benzene rings is 2. The Kier molecular flexibility index (Phi) is 4.96. The number of carbonyl (C=O) groups excluding carboxylic acids is 1. The summed E-state index contributed by atoms with van der Waals surface area (Å²) in [5.74, 6) is -0.807. The van der Waals surface area contributed by atoms with Gasteiger partial charge in [0, 0.05) is 23.1 Å². The van der Waals surface area contributed by atoms with Crippen LogP contribution in [0.1, 0.15) is 49.4 Å². The summed E-state index contributed by atoms with van der Waals surface area (Å²) in [5, 5.41) is 32.0. The molecule has 4 rings (SSSR count). The van der Waals surface area contributed by atoms with Gasteiger partial charge in [0.05, 0.1) is 29.2 Å². The minimum Gasteiger partial charge on any atom is -0.292 e. The molecule has 2 aliphatic rings. The van der Waals surface area contributed by atoms with Crippen molar-refractivity contribution in [3.05, 3.63) is 81.5 Å². The monoisotopic (exact) mass is 427 g/mol. The van der Waals surface area contributed by atoms with Crippen molar-refractivity contribution in [1.29, 1.82) is 10.5 Å². The molecule has 4 atom stereocenters. The number of hydrogen-bond donors (Lipinski definition) is 1. The second kappa shape index (κ2) is 7.40. The van der Waals surface area contributed by atoms with Gasteiger partial charge >= 0.3 is 0 Å². The SMILES string of the molecule is CC(C)(C)C(=O)[C@@H]1[C@@H](c2ccc([N+](=O)[O-])cc2)C(C#N)(C#N)[C@@H]2c3ccccc3C=C[NH+]12. The lowest BCUT2D eigenvalue weighted by atomic mass is 9.66. The molecule has 7 nitrogen and oxygen atoms in total. The topological polar surface area (TPSA) is 112 Å². The molecule has 0 saturated carbocycles. The molecule has 1 saturated heterocycles. The van der Waals surface area contributed by atoms with E-state index in [1.165, 1.54) is 12.1 Å². The summed E-state index contributed by atoms with van der Waals surface area (Å²) >= 11 is 0. The number of ketones is 1. The first kappa shape index (κ1) is 21.4. The van der Waals surface area contributed by atoms with Crippen LogP contribution in [0.4, 0.5) is 5.69 Å². The highest BCUT2D eigenvalue weighted by Gasteiger charge is 2.68. The van der Waals surface area contributed by atoms with E-state index in [1.807, 2.05) is 57.3 Å². The minimum atomic E-state index is -1.53. The van der Waals surface area contributed by atoms with Gasteiger partial charge in [0.15, 0.2) is 17.9 Å². The van der Waals surface area contributed by atoms with Crippen LogP contribution >= 0.6 is 0 Å². The number of rotatable bonds is 3. The van der Waals surface area contributed by atoms with Gasteiger partial charge in [-0.3, -0.25) is 19.8 Å². The van der Waals surface area contributed by atoms with Crippen molar-refractivity contribution in [2.75, 3.05) is 0 Å². The maximum absolute atomic E-state index is 13.7. The predicted molar refractivity (Wildman–Crippen MR) is 117 cm³/mol. The summed E-state index contributed by atoms with van der Waals surface area (Å²) < 4.78 is 0. The third-order valence-electron chi connectivity index (χ3n) is 6.59. The highest BCUT2D eigenvalue weighted by molar-refractivity contribution is 5.89. The van der Waals surface area contributed by atoms with Crippen LogP contribution in [0.2, 0.25) is 0 Å². The Morgan fingerprint density at radius 1 is 1.09 bits per heavy atom. The number of nitrogens with one attached hydrogen (secondary N) is 1. The van der Waals surface area contributed by atoms with Crippen molar-refractivity contribution < 1.29 is 14.6 Å². The van der Waals surface area contributed by atoms with Crippen molar-refractivity contribution >= 4 is 17.5 Å². The lowest BCUT2D eigenvalue weighted by Crippen LogP contribution is -3.12. The van der Waals surface area contributed by atoms with Crippen LogP contribution in [-0.4, -0.2) is 16.7 Å². The predicted octanol–water partition coefficient (Wildman–Crippen LogP) is 3.32. The van der Waals surface area contributed by atoms with E-state index in [0.29, 0.717) is 5.56 Å². The van der Waals surface area contributed by atoms with Crippen molar-refractivity contribution in [2.24, 2.45) is 10.8 Å². The molecule has 0 amide bonds. The number of Topliss-reactive ketones (excluding diaryl/α,β-unsaturated/α-hetero) is 1. The molecule has 0 bridgehead atoms. The highest BCUT2D eigenvalue weighted by atomic mass is 16.6. The first-order valence-electron chi connectivity index (χ1n) is 10.4. The molecular formula is C25H23N4O3+. The van der Waals surface area contributed by atoms with Gasteiger partial charge in [-0.05, 0) is 17.2 Å². The number of non-ortho nitro benzene ring substituents is 1. The fourth-order valence-electron chi connectivity index (χ4n) is 5.13. The third-order valence-corrected chi connectivity index (χ3v) is 6.59. The van der Waals surface area contributed by atoms with Gasteiger partial charge in [0.25, 0.3) is 5.69 Å². The van der Waals surface area contributed by atoms with Crippen LogP contribution < -0.4 is 4.90 Å². The number of hydrogen-bond acceptors (Lipinski definition) is 5. The summed E-state index contributed by atoms with van der Waals surface area (Å²) in [4.78, 5) is 25.1. The molecule has 1 N–H and O–H groups in total. The number of nitro benzene ring substituents is 1. The van der Waals surface area contributed by atoms with E-state index in [1.54, 1.807) is 12.1 Å². The number of nitro groups is 1. The number of fused-ring (bicyclic) bond motifs is 3. The van der Waals surface area contributed by atoms with E-state index < -0.39 is 33.8 Å². The zero-order valence-electron chi connectivity index (χ0n) is 18.1. The molecule has 2 heterocycles. The van der Waals surface area contributed by atoms with Crippen LogP contribution in [0.25, 0.3) is 6.08 Å². The van der Waals surface area contributed by atoms with E-state index in [-0.39, 0.29) is 11.5 Å². The number of nitrogens with zero attached hydrogens (tertiary/aromatic N) is 3. The highest BCUT2D eigenvalue weighted by Crippen LogP contribution is 2.52. The van der Waals surface area contributed by atoms with Gasteiger partial charge in [-0.1, -0.05) is 57.2 Å². The van der Waals surface area contributed by atoms with Crippen molar-refractivity contribution in [3.8, 4) is 12.1 Å². The van der Waals surface area contributed by atoms with E-state index in [0.717, 1.165) is 16.0 Å². The average Bonchev–Trinajstić information content (AvgIpc) is 3.08. The number of carbonyl (C=O) groups is 1. The summed E-state index contributed by atoms with van der Waals surface area (Å²) in [6.45, 7) is 5.49. The van der Waals surface area contributed by atoms with Crippen molar-refractivity contribution in [1.82, 2.24) is 0 Å². The van der Waals surface area contributed by atoms with Crippen molar-refractivity contribution in [2.45, 2.75) is 38.8 Å². The summed E-state index contributed by atoms with van der Waals surface area (Å²) in [6.07, 6.45) is 3.82. The van der Waals surface area contributed by atoms with E-state index in [2.05, 4.69) is 12.1 Å². The third kappa shape index (κ3) is 3.02. The minimum absolute atomic E-state index is 0.0581. The summed E-state index contributed by atoms with van der Waals surface area (Å²) in [7, 11) is 0.